The molecular formula is C21H32O2. The number of aliphatic hydroxyl groups is 2. The van der Waals surface area contributed by atoms with Crippen molar-refractivity contribution in [1.82, 2.24) is 0 Å². The molecule has 0 heterocycles. The summed E-state index contributed by atoms with van der Waals surface area (Å²) >= 11 is 0. The smallest absolute Gasteiger partial charge is 0.0889 e. The van der Waals surface area contributed by atoms with E-state index in [1.807, 2.05) is 6.92 Å². The van der Waals surface area contributed by atoms with Gasteiger partial charge in [0.15, 0.2) is 0 Å². The van der Waals surface area contributed by atoms with Crippen molar-refractivity contribution < 1.29 is 10.2 Å². The second-order valence-corrected chi connectivity index (χ2v) is 9.21. The Morgan fingerprint density at radius 1 is 1.09 bits per heavy atom. The predicted molar refractivity (Wildman–Crippen MR) is 93.0 cm³/mol. The van der Waals surface area contributed by atoms with Gasteiger partial charge in [-0.25, -0.2) is 0 Å². The van der Waals surface area contributed by atoms with E-state index < -0.39 is 0 Å². The van der Waals surface area contributed by atoms with Crippen LogP contribution in [0.1, 0.15) is 72.1 Å². The van der Waals surface area contributed by atoms with E-state index in [0.29, 0.717) is 11.2 Å². The fourth-order valence-corrected chi connectivity index (χ4v) is 7.05. The summed E-state index contributed by atoms with van der Waals surface area (Å²) in [6.45, 7) is 6.78. The maximum atomic E-state index is 10.2. The fourth-order valence-electron chi connectivity index (χ4n) is 7.05. The summed E-state index contributed by atoms with van der Waals surface area (Å²) < 4.78 is 0. The van der Waals surface area contributed by atoms with E-state index >= 15 is 0 Å². The van der Waals surface area contributed by atoms with Crippen LogP contribution in [0.15, 0.2) is 23.0 Å². The number of aliphatic hydroxyl groups excluding tert-OH is 2. The first-order valence-electron chi connectivity index (χ1n) is 9.63. The van der Waals surface area contributed by atoms with Crippen LogP contribution >= 0.6 is 0 Å². The lowest BCUT2D eigenvalue weighted by Crippen LogP contribution is -2.49. The Labute approximate surface area is 140 Å². The van der Waals surface area contributed by atoms with Gasteiger partial charge in [0.05, 0.1) is 11.9 Å². The quantitative estimate of drug-likeness (QED) is 0.480. The monoisotopic (exact) mass is 316 g/mol. The van der Waals surface area contributed by atoms with Crippen LogP contribution in [-0.2, 0) is 0 Å². The van der Waals surface area contributed by atoms with Gasteiger partial charge in [-0.2, -0.15) is 0 Å². The molecule has 0 bridgehead atoms. The Bertz CT molecular complexity index is 570. The molecule has 0 aliphatic heterocycles. The van der Waals surface area contributed by atoms with Gasteiger partial charge in [-0.3, -0.25) is 0 Å². The van der Waals surface area contributed by atoms with Crippen LogP contribution in [0.3, 0.4) is 0 Å². The fraction of sp³-hybridized carbons (Fsp3) is 0.810. The SMILES string of the molecule is C/C(O)=C1/CCC2C3CC=C4CC(O)CCC4(C)C3CCC12C. The molecule has 3 saturated carbocycles. The van der Waals surface area contributed by atoms with Crippen LogP contribution in [0.25, 0.3) is 0 Å². The van der Waals surface area contributed by atoms with Gasteiger partial charge in [-0.15, -0.1) is 0 Å². The average Bonchev–Trinajstić information content (AvgIpc) is 2.85. The molecule has 0 spiro atoms. The molecule has 0 saturated heterocycles. The van der Waals surface area contributed by atoms with Gasteiger partial charge in [-0.1, -0.05) is 25.5 Å². The third-order valence-electron chi connectivity index (χ3n) is 8.30. The Hall–Kier alpha value is -0.760. The average molecular weight is 316 g/mol. The highest BCUT2D eigenvalue weighted by Gasteiger charge is 2.57. The van der Waals surface area contributed by atoms with Gasteiger partial charge in [0.25, 0.3) is 0 Å². The minimum Gasteiger partial charge on any atom is -0.513 e. The highest BCUT2D eigenvalue weighted by molar-refractivity contribution is 5.30. The van der Waals surface area contributed by atoms with Crippen molar-refractivity contribution in [3.05, 3.63) is 23.0 Å². The Morgan fingerprint density at radius 2 is 1.78 bits per heavy atom. The van der Waals surface area contributed by atoms with E-state index in [0.717, 1.165) is 43.4 Å². The first-order valence-corrected chi connectivity index (χ1v) is 9.63. The number of hydrogen-bond donors (Lipinski definition) is 2. The van der Waals surface area contributed by atoms with E-state index in [2.05, 4.69) is 19.9 Å². The van der Waals surface area contributed by atoms with Crippen LogP contribution in [0.5, 0.6) is 0 Å². The molecule has 2 heteroatoms. The van der Waals surface area contributed by atoms with E-state index in [1.165, 1.54) is 31.3 Å². The maximum Gasteiger partial charge on any atom is 0.0889 e. The van der Waals surface area contributed by atoms with E-state index in [1.54, 1.807) is 5.57 Å². The van der Waals surface area contributed by atoms with Crippen molar-refractivity contribution in [2.75, 3.05) is 0 Å². The van der Waals surface area contributed by atoms with Gasteiger partial charge < -0.3 is 10.2 Å². The molecule has 0 aromatic heterocycles. The van der Waals surface area contributed by atoms with E-state index in [-0.39, 0.29) is 11.5 Å². The lowest BCUT2D eigenvalue weighted by Gasteiger charge is -2.57. The standard InChI is InChI=1S/C21H32O2/c1-13(22)17-6-7-18-16-5-4-14-12-15(23)8-10-20(14,2)19(16)9-11-21(17,18)3/h4,15-16,18-19,22-23H,5-12H2,1-3H3/b17-13+. The largest absolute Gasteiger partial charge is 0.513 e. The van der Waals surface area contributed by atoms with Gasteiger partial charge in [-0.05, 0) is 92.4 Å². The predicted octanol–water partition coefficient (Wildman–Crippen LogP) is 5.14. The zero-order valence-electron chi connectivity index (χ0n) is 14.9. The molecule has 2 N–H and O–H groups in total. The van der Waals surface area contributed by atoms with E-state index in [4.69, 9.17) is 0 Å². The second-order valence-electron chi connectivity index (χ2n) is 9.21. The molecule has 0 aromatic carbocycles. The molecule has 0 amide bonds. The van der Waals surface area contributed by atoms with Crippen molar-refractivity contribution in [1.29, 1.82) is 0 Å². The number of hydrogen-bond acceptors (Lipinski definition) is 2. The minimum atomic E-state index is -0.113. The number of fused-ring (bicyclic) bond motifs is 5. The Morgan fingerprint density at radius 3 is 2.52 bits per heavy atom. The van der Waals surface area contributed by atoms with Crippen LogP contribution in [0.2, 0.25) is 0 Å². The third-order valence-corrected chi connectivity index (χ3v) is 8.30. The maximum absolute atomic E-state index is 10.2. The highest BCUT2D eigenvalue weighted by atomic mass is 16.3. The molecule has 0 radical (unpaired) electrons. The Kier molecular flexibility index (Phi) is 3.50. The van der Waals surface area contributed by atoms with Crippen LogP contribution < -0.4 is 0 Å². The van der Waals surface area contributed by atoms with Crippen LogP contribution in [0.4, 0.5) is 0 Å². The van der Waals surface area contributed by atoms with Crippen molar-refractivity contribution >= 4 is 0 Å². The van der Waals surface area contributed by atoms with Crippen molar-refractivity contribution in [2.45, 2.75) is 78.2 Å². The molecule has 3 fully saturated rings. The summed E-state index contributed by atoms with van der Waals surface area (Å²) in [6, 6.07) is 0. The molecule has 128 valence electrons. The summed E-state index contributed by atoms with van der Waals surface area (Å²) in [7, 11) is 0. The second kappa shape index (κ2) is 5.12. The van der Waals surface area contributed by atoms with E-state index in [9.17, 15) is 10.2 Å². The zero-order valence-corrected chi connectivity index (χ0v) is 14.9. The minimum absolute atomic E-state index is 0.113. The molecular weight excluding hydrogens is 284 g/mol. The summed E-state index contributed by atoms with van der Waals surface area (Å²) in [5.41, 5.74) is 3.45. The lowest BCUT2D eigenvalue weighted by molar-refractivity contribution is -0.0275. The summed E-state index contributed by atoms with van der Waals surface area (Å²) in [6.07, 6.45) is 11.5. The van der Waals surface area contributed by atoms with Crippen LogP contribution in [-0.4, -0.2) is 16.3 Å². The molecule has 2 nitrogen and oxygen atoms in total. The van der Waals surface area contributed by atoms with Gasteiger partial charge in [0.1, 0.15) is 0 Å². The summed E-state index contributed by atoms with van der Waals surface area (Å²) in [5.74, 6) is 2.88. The normalized spacial score (nSPS) is 51.4. The van der Waals surface area contributed by atoms with Crippen molar-refractivity contribution in [3.63, 3.8) is 0 Å². The van der Waals surface area contributed by atoms with Crippen molar-refractivity contribution in [3.8, 4) is 0 Å². The zero-order chi connectivity index (χ0) is 16.4. The molecule has 4 aliphatic carbocycles. The van der Waals surface area contributed by atoms with Gasteiger partial charge in [0, 0.05) is 0 Å². The van der Waals surface area contributed by atoms with Gasteiger partial charge in [0.2, 0.25) is 0 Å². The molecule has 4 rings (SSSR count). The first kappa shape index (κ1) is 15.7. The first-order chi connectivity index (χ1) is 10.9. The van der Waals surface area contributed by atoms with Crippen molar-refractivity contribution in [2.24, 2.45) is 28.6 Å². The molecule has 6 unspecified atom stereocenters. The van der Waals surface area contributed by atoms with Crippen LogP contribution in [0, 0.1) is 28.6 Å². The number of rotatable bonds is 0. The summed E-state index contributed by atoms with van der Waals surface area (Å²) in [4.78, 5) is 0. The Balaban J connectivity index is 1.69. The molecule has 6 atom stereocenters. The number of allylic oxidation sites excluding steroid dienone is 3. The summed E-state index contributed by atoms with van der Waals surface area (Å²) in [5, 5.41) is 20.2. The molecule has 23 heavy (non-hydrogen) atoms. The lowest BCUT2D eigenvalue weighted by atomic mass is 9.48. The topological polar surface area (TPSA) is 40.5 Å². The third kappa shape index (κ3) is 2.10. The molecule has 4 aliphatic rings. The highest BCUT2D eigenvalue weighted by Crippen LogP contribution is 2.66. The molecule has 0 aromatic rings. The van der Waals surface area contributed by atoms with Gasteiger partial charge >= 0.3 is 0 Å².